The van der Waals surface area contributed by atoms with Crippen LogP contribution in [-0.2, 0) is 4.74 Å². The lowest BCUT2D eigenvalue weighted by Crippen LogP contribution is -2.47. The van der Waals surface area contributed by atoms with E-state index in [0.29, 0.717) is 0 Å². The molecule has 0 amide bonds. The number of rotatable bonds is 10. The van der Waals surface area contributed by atoms with E-state index >= 15 is 0 Å². The van der Waals surface area contributed by atoms with Crippen LogP contribution in [0.15, 0.2) is 12.4 Å². The molecule has 1 N–H and O–H groups in total. The zero-order valence-electron chi connectivity index (χ0n) is 14.6. The third-order valence-electron chi connectivity index (χ3n) is 4.08. The number of anilines is 1. The van der Waals surface area contributed by atoms with Gasteiger partial charge in [-0.1, -0.05) is 6.92 Å². The second kappa shape index (κ2) is 10.5. The van der Waals surface area contributed by atoms with Gasteiger partial charge in [-0.2, -0.15) is 0 Å². The predicted molar refractivity (Wildman–Crippen MR) is 94.0 cm³/mol. The smallest absolute Gasteiger partial charge is 0.225 e. The summed E-state index contributed by atoms with van der Waals surface area (Å²) in [6, 6.07) is 0. The Kier molecular flexibility index (Phi) is 8.28. The minimum atomic E-state index is 0.860. The molecule has 0 aliphatic carbocycles. The number of hydrogen-bond donors (Lipinski definition) is 1. The van der Waals surface area contributed by atoms with E-state index in [0.717, 1.165) is 83.4 Å². The van der Waals surface area contributed by atoms with Gasteiger partial charge < -0.3 is 15.0 Å². The van der Waals surface area contributed by atoms with E-state index in [1.54, 1.807) is 0 Å². The standard InChI is InChI=1S/C17H31N5O/c1-3-18-6-4-12-23-13-5-7-21-8-10-22(11-9-21)17-19-14-16(2)15-20-17/h14-15,18H,3-13H2,1-2H3. The third-order valence-corrected chi connectivity index (χ3v) is 4.08. The number of hydrogen-bond acceptors (Lipinski definition) is 6. The van der Waals surface area contributed by atoms with Crippen LogP contribution in [0, 0.1) is 6.92 Å². The lowest BCUT2D eigenvalue weighted by molar-refractivity contribution is 0.117. The van der Waals surface area contributed by atoms with Crippen LogP contribution < -0.4 is 10.2 Å². The van der Waals surface area contributed by atoms with Crippen LogP contribution in [0.25, 0.3) is 0 Å². The average Bonchev–Trinajstić information content (AvgIpc) is 2.59. The molecule has 0 spiro atoms. The minimum Gasteiger partial charge on any atom is -0.381 e. The Hall–Kier alpha value is -1.24. The molecule has 2 heterocycles. The number of nitrogens with one attached hydrogen (secondary N) is 1. The van der Waals surface area contributed by atoms with Gasteiger partial charge in [-0.3, -0.25) is 4.90 Å². The van der Waals surface area contributed by atoms with Crippen molar-refractivity contribution in [1.82, 2.24) is 20.2 Å². The van der Waals surface area contributed by atoms with E-state index in [9.17, 15) is 0 Å². The average molecular weight is 321 g/mol. The Balaban J connectivity index is 1.52. The van der Waals surface area contributed by atoms with Gasteiger partial charge >= 0.3 is 0 Å². The van der Waals surface area contributed by atoms with Crippen molar-refractivity contribution in [3.05, 3.63) is 18.0 Å². The SMILES string of the molecule is CCNCCCOCCCN1CCN(c2ncc(C)cn2)CC1. The summed E-state index contributed by atoms with van der Waals surface area (Å²) in [4.78, 5) is 13.6. The topological polar surface area (TPSA) is 53.5 Å². The van der Waals surface area contributed by atoms with E-state index < -0.39 is 0 Å². The second-order valence-electron chi connectivity index (χ2n) is 6.06. The van der Waals surface area contributed by atoms with Crippen LogP contribution in [0.5, 0.6) is 0 Å². The summed E-state index contributed by atoms with van der Waals surface area (Å²) < 4.78 is 5.68. The van der Waals surface area contributed by atoms with Crippen LogP contribution in [0.2, 0.25) is 0 Å². The number of ether oxygens (including phenoxy) is 1. The normalized spacial score (nSPS) is 16.0. The van der Waals surface area contributed by atoms with Crippen LogP contribution in [-0.4, -0.2) is 73.9 Å². The highest BCUT2D eigenvalue weighted by Gasteiger charge is 2.18. The number of nitrogens with zero attached hydrogens (tertiary/aromatic N) is 4. The minimum absolute atomic E-state index is 0.860. The first-order chi connectivity index (χ1) is 11.3. The van der Waals surface area contributed by atoms with Crippen molar-refractivity contribution in [2.75, 3.05) is 63.9 Å². The zero-order valence-corrected chi connectivity index (χ0v) is 14.6. The van der Waals surface area contributed by atoms with Gasteiger partial charge in [0.2, 0.25) is 5.95 Å². The van der Waals surface area contributed by atoms with Gasteiger partial charge in [0.1, 0.15) is 0 Å². The summed E-state index contributed by atoms with van der Waals surface area (Å²) in [7, 11) is 0. The summed E-state index contributed by atoms with van der Waals surface area (Å²) in [6.45, 7) is 13.3. The van der Waals surface area contributed by atoms with E-state index in [4.69, 9.17) is 4.74 Å². The first-order valence-corrected chi connectivity index (χ1v) is 8.84. The predicted octanol–water partition coefficient (Wildman–Crippen LogP) is 1.31. The Labute approximate surface area is 140 Å². The molecule has 0 unspecified atom stereocenters. The summed E-state index contributed by atoms with van der Waals surface area (Å²) in [5, 5.41) is 3.31. The van der Waals surface area contributed by atoms with E-state index in [-0.39, 0.29) is 0 Å². The molecule has 1 saturated heterocycles. The van der Waals surface area contributed by atoms with Crippen molar-refractivity contribution >= 4 is 5.95 Å². The summed E-state index contributed by atoms with van der Waals surface area (Å²) in [6.07, 6.45) is 6.00. The monoisotopic (exact) mass is 321 g/mol. The van der Waals surface area contributed by atoms with Gasteiger partial charge in [0.25, 0.3) is 0 Å². The summed E-state index contributed by atoms with van der Waals surface area (Å²) in [5.41, 5.74) is 1.11. The molecule has 23 heavy (non-hydrogen) atoms. The van der Waals surface area contributed by atoms with Crippen molar-refractivity contribution in [3.8, 4) is 0 Å². The Morgan fingerprint density at radius 3 is 2.48 bits per heavy atom. The molecule has 0 aromatic carbocycles. The molecule has 1 aliphatic heterocycles. The van der Waals surface area contributed by atoms with Crippen molar-refractivity contribution in [2.24, 2.45) is 0 Å². The van der Waals surface area contributed by atoms with Gasteiger partial charge in [0, 0.05) is 58.3 Å². The molecule has 6 heteroatoms. The molecule has 1 aliphatic rings. The highest BCUT2D eigenvalue weighted by Crippen LogP contribution is 2.10. The molecule has 0 atom stereocenters. The fraction of sp³-hybridized carbons (Fsp3) is 0.765. The number of aryl methyl sites for hydroxylation is 1. The third kappa shape index (κ3) is 6.81. The molecular formula is C17H31N5O. The summed E-state index contributed by atoms with van der Waals surface area (Å²) in [5.74, 6) is 0.860. The molecule has 1 aromatic rings. The lowest BCUT2D eigenvalue weighted by Gasteiger charge is -2.34. The molecule has 130 valence electrons. The van der Waals surface area contributed by atoms with Gasteiger partial charge in [-0.15, -0.1) is 0 Å². The first-order valence-electron chi connectivity index (χ1n) is 8.84. The molecule has 2 rings (SSSR count). The molecule has 1 aromatic heterocycles. The number of piperazine rings is 1. The van der Waals surface area contributed by atoms with Crippen LogP contribution in [0.4, 0.5) is 5.95 Å². The van der Waals surface area contributed by atoms with E-state index in [1.165, 1.54) is 0 Å². The maximum atomic E-state index is 5.68. The highest BCUT2D eigenvalue weighted by molar-refractivity contribution is 5.30. The Bertz CT molecular complexity index is 417. The maximum absolute atomic E-state index is 5.68. The van der Waals surface area contributed by atoms with E-state index in [1.807, 2.05) is 19.3 Å². The van der Waals surface area contributed by atoms with Gasteiger partial charge in [-0.05, 0) is 38.4 Å². The van der Waals surface area contributed by atoms with Gasteiger partial charge in [0.15, 0.2) is 0 Å². The fourth-order valence-corrected chi connectivity index (χ4v) is 2.69. The molecule has 0 bridgehead atoms. The molecule has 0 radical (unpaired) electrons. The summed E-state index contributed by atoms with van der Waals surface area (Å²) >= 11 is 0. The molecule has 6 nitrogen and oxygen atoms in total. The van der Waals surface area contributed by atoms with Crippen LogP contribution in [0.3, 0.4) is 0 Å². The highest BCUT2D eigenvalue weighted by atomic mass is 16.5. The number of aromatic nitrogens is 2. The molecule has 0 saturated carbocycles. The zero-order chi connectivity index (χ0) is 16.3. The quantitative estimate of drug-likeness (QED) is 0.656. The fourth-order valence-electron chi connectivity index (χ4n) is 2.69. The van der Waals surface area contributed by atoms with Crippen LogP contribution >= 0.6 is 0 Å². The van der Waals surface area contributed by atoms with E-state index in [2.05, 4.69) is 32.0 Å². The lowest BCUT2D eigenvalue weighted by atomic mass is 10.3. The Morgan fingerprint density at radius 1 is 1.09 bits per heavy atom. The van der Waals surface area contributed by atoms with Crippen molar-refractivity contribution in [1.29, 1.82) is 0 Å². The van der Waals surface area contributed by atoms with Gasteiger partial charge in [0.05, 0.1) is 0 Å². The first kappa shape index (κ1) is 18.1. The van der Waals surface area contributed by atoms with Crippen LogP contribution in [0.1, 0.15) is 25.3 Å². The second-order valence-corrected chi connectivity index (χ2v) is 6.06. The molecular weight excluding hydrogens is 290 g/mol. The van der Waals surface area contributed by atoms with Crippen molar-refractivity contribution in [2.45, 2.75) is 26.7 Å². The van der Waals surface area contributed by atoms with Crippen molar-refractivity contribution < 1.29 is 4.74 Å². The van der Waals surface area contributed by atoms with Crippen molar-refractivity contribution in [3.63, 3.8) is 0 Å². The largest absolute Gasteiger partial charge is 0.381 e. The Morgan fingerprint density at radius 2 is 1.78 bits per heavy atom. The van der Waals surface area contributed by atoms with Gasteiger partial charge in [-0.25, -0.2) is 9.97 Å². The maximum Gasteiger partial charge on any atom is 0.225 e. The molecule has 1 fully saturated rings.